The zero-order valence-electron chi connectivity index (χ0n) is 11.7. The number of benzene rings is 1. The van der Waals surface area contributed by atoms with E-state index in [4.69, 9.17) is 10.5 Å². The summed E-state index contributed by atoms with van der Waals surface area (Å²) in [5.74, 6) is -0.572. The first-order valence-corrected chi connectivity index (χ1v) is 6.79. The van der Waals surface area contributed by atoms with Crippen molar-refractivity contribution in [2.45, 2.75) is 19.4 Å². The van der Waals surface area contributed by atoms with Crippen molar-refractivity contribution in [3.8, 4) is 0 Å². The van der Waals surface area contributed by atoms with Gasteiger partial charge in [-0.3, -0.25) is 14.5 Å². The van der Waals surface area contributed by atoms with Crippen LogP contribution in [0.3, 0.4) is 0 Å². The predicted molar refractivity (Wildman–Crippen MR) is 75.0 cm³/mol. The van der Waals surface area contributed by atoms with Gasteiger partial charge in [0.1, 0.15) is 0 Å². The highest BCUT2D eigenvalue weighted by Gasteiger charge is 2.26. The van der Waals surface area contributed by atoms with Gasteiger partial charge in [0.25, 0.3) is 0 Å². The van der Waals surface area contributed by atoms with E-state index in [-0.39, 0.29) is 11.9 Å². The summed E-state index contributed by atoms with van der Waals surface area (Å²) >= 11 is 0. The second-order valence-corrected chi connectivity index (χ2v) is 5.16. The molecular formula is C15H20N2O3. The quantitative estimate of drug-likeness (QED) is 0.838. The van der Waals surface area contributed by atoms with Crippen molar-refractivity contribution in [1.82, 2.24) is 4.90 Å². The molecule has 5 nitrogen and oxygen atoms in total. The van der Waals surface area contributed by atoms with Gasteiger partial charge in [-0.05, 0) is 37.1 Å². The van der Waals surface area contributed by atoms with Gasteiger partial charge < -0.3 is 10.5 Å². The average Bonchev–Trinajstić information content (AvgIpc) is 2.47. The lowest BCUT2D eigenvalue weighted by Gasteiger charge is -2.31. The van der Waals surface area contributed by atoms with Crippen LogP contribution in [0, 0.1) is 5.92 Å². The van der Waals surface area contributed by atoms with Crippen molar-refractivity contribution in [2.24, 2.45) is 11.7 Å². The average molecular weight is 276 g/mol. The summed E-state index contributed by atoms with van der Waals surface area (Å²) < 4.78 is 4.81. The van der Waals surface area contributed by atoms with Crippen LogP contribution < -0.4 is 5.73 Å². The van der Waals surface area contributed by atoms with Gasteiger partial charge in [-0.25, -0.2) is 0 Å². The molecule has 1 heterocycles. The number of carbonyl (C=O) groups is 2. The van der Waals surface area contributed by atoms with Crippen molar-refractivity contribution in [3.05, 3.63) is 35.4 Å². The Balaban J connectivity index is 1.95. The van der Waals surface area contributed by atoms with E-state index in [1.54, 1.807) is 12.1 Å². The number of rotatable bonds is 4. The van der Waals surface area contributed by atoms with Gasteiger partial charge in [-0.1, -0.05) is 12.1 Å². The molecule has 20 heavy (non-hydrogen) atoms. The number of amides is 1. The van der Waals surface area contributed by atoms with Crippen molar-refractivity contribution in [2.75, 3.05) is 20.2 Å². The van der Waals surface area contributed by atoms with E-state index in [2.05, 4.69) is 4.90 Å². The van der Waals surface area contributed by atoms with E-state index < -0.39 is 5.91 Å². The van der Waals surface area contributed by atoms with Crippen LogP contribution in [0.15, 0.2) is 24.3 Å². The van der Waals surface area contributed by atoms with Crippen LogP contribution in [0.25, 0.3) is 0 Å². The van der Waals surface area contributed by atoms with E-state index in [1.807, 2.05) is 12.1 Å². The van der Waals surface area contributed by atoms with Crippen LogP contribution in [0.1, 0.15) is 28.8 Å². The van der Waals surface area contributed by atoms with E-state index >= 15 is 0 Å². The number of carbonyl (C=O) groups excluding carboxylic acids is 2. The number of hydrogen-bond acceptors (Lipinski definition) is 4. The lowest BCUT2D eigenvalue weighted by molar-refractivity contribution is -0.147. The third kappa shape index (κ3) is 3.57. The minimum atomic E-state index is -0.416. The van der Waals surface area contributed by atoms with Gasteiger partial charge in [0.2, 0.25) is 5.91 Å². The summed E-state index contributed by atoms with van der Waals surface area (Å²) in [4.78, 5) is 24.8. The molecule has 1 aromatic carbocycles. The fourth-order valence-corrected chi connectivity index (χ4v) is 2.59. The number of ether oxygens (including phenoxy) is 1. The molecule has 0 spiro atoms. The predicted octanol–water partition coefficient (Wildman–Crippen LogP) is 1.17. The molecule has 0 radical (unpaired) electrons. The highest BCUT2D eigenvalue weighted by Crippen LogP contribution is 2.19. The smallest absolute Gasteiger partial charge is 0.309 e. The maximum Gasteiger partial charge on any atom is 0.309 e. The molecule has 1 saturated heterocycles. The van der Waals surface area contributed by atoms with Crippen LogP contribution in [0.4, 0.5) is 0 Å². The Hall–Kier alpha value is -1.88. The Morgan fingerprint density at radius 2 is 2.05 bits per heavy atom. The van der Waals surface area contributed by atoms with Crippen LogP contribution in [0.5, 0.6) is 0 Å². The van der Waals surface area contributed by atoms with Crippen LogP contribution in [-0.2, 0) is 16.1 Å². The second-order valence-electron chi connectivity index (χ2n) is 5.16. The Bertz CT molecular complexity index is 484. The summed E-state index contributed by atoms with van der Waals surface area (Å²) in [6, 6.07) is 7.28. The molecule has 2 rings (SSSR count). The first kappa shape index (κ1) is 14.5. The molecular weight excluding hydrogens is 256 g/mol. The first-order valence-electron chi connectivity index (χ1n) is 6.79. The molecule has 0 saturated carbocycles. The summed E-state index contributed by atoms with van der Waals surface area (Å²) in [7, 11) is 1.43. The number of nitrogens with two attached hydrogens (primary N) is 1. The molecule has 0 bridgehead atoms. The largest absolute Gasteiger partial charge is 0.469 e. The summed E-state index contributed by atoms with van der Waals surface area (Å²) in [5, 5.41) is 0. The Morgan fingerprint density at radius 3 is 2.65 bits per heavy atom. The number of nitrogens with zero attached hydrogens (tertiary/aromatic N) is 1. The normalized spacial score (nSPS) is 19.6. The Kier molecular flexibility index (Phi) is 4.74. The van der Waals surface area contributed by atoms with E-state index in [0.29, 0.717) is 5.56 Å². The Morgan fingerprint density at radius 1 is 1.35 bits per heavy atom. The third-order valence-corrected chi connectivity index (χ3v) is 3.68. The van der Waals surface area contributed by atoms with E-state index in [9.17, 15) is 9.59 Å². The fourth-order valence-electron chi connectivity index (χ4n) is 2.59. The highest BCUT2D eigenvalue weighted by molar-refractivity contribution is 5.92. The first-order chi connectivity index (χ1) is 9.60. The summed E-state index contributed by atoms with van der Waals surface area (Å²) in [6.45, 7) is 2.47. The van der Waals surface area contributed by atoms with Crippen LogP contribution in [0.2, 0.25) is 0 Å². The minimum Gasteiger partial charge on any atom is -0.469 e. The highest BCUT2D eigenvalue weighted by atomic mass is 16.5. The minimum absolute atomic E-state index is 0.0290. The lowest BCUT2D eigenvalue weighted by Crippen LogP contribution is -2.38. The number of esters is 1. The van der Waals surface area contributed by atoms with Gasteiger partial charge in [0, 0.05) is 18.7 Å². The standard InChI is InChI=1S/C15H20N2O3/c1-20-15(19)13-3-2-8-17(10-13)9-11-4-6-12(7-5-11)14(16)18/h4-7,13H,2-3,8-10H2,1H3,(H2,16,18)/t13-/m0/s1. The molecule has 0 aliphatic carbocycles. The van der Waals surface area contributed by atoms with Crippen molar-refractivity contribution < 1.29 is 14.3 Å². The van der Waals surface area contributed by atoms with Gasteiger partial charge in [-0.2, -0.15) is 0 Å². The molecule has 1 amide bonds. The van der Waals surface area contributed by atoms with Gasteiger partial charge in [0.15, 0.2) is 0 Å². The zero-order chi connectivity index (χ0) is 14.5. The van der Waals surface area contributed by atoms with Gasteiger partial charge in [-0.15, -0.1) is 0 Å². The zero-order valence-corrected chi connectivity index (χ0v) is 11.7. The van der Waals surface area contributed by atoms with E-state index in [0.717, 1.165) is 38.0 Å². The number of primary amides is 1. The number of hydrogen-bond donors (Lipinski definition) is 1. The third-order valence-electron chi connectivity index (χ3n) is 3.68. The molecule has 1 aromatic rings. The van der Waals surface area contributed by atoms with Gasteiger partial charge in [0.05, 0.1) is 13.0 Å². The monoisotopic (exact) mass is 276 g/mol. The van der Waals surface area contributed by atoms with Crippen molar-refractivity contribution in [1.29, 1.82) is 0 Å². The number of piperidine rings is 1. The van der Waals surface area contributed by atoms with Crippen molar-refractivity contribution in [3.63, 3.8) is 0 Å². The molecule has 1 aliphatic heterocycles. The molecule has 1 atom stereocenters. The molecule has 1 aliphatic rings. The van der Waals surface area contributed by atoms with Crippen LogP contribution >= 0.6 is 0 Å². The summed E-state index contributed by atoms with van der Waals surface area (Å²) in [5.41, 5.74) is 6.84. The molecule has 1 fully saturated rings. The second kappa shape index (κ2) is 6.52. The molecule has 108 valence electrons. The SMILES string of the molecule is COC(=O)[C@H]1CCCN(Cc2ccc(C(N)=O)cc2)C1. The Labute approximate surface area is 118 Å². The molecule has 5 heteroatoms. The number of likely N-dealkylation sites (tertiary alicyclic amines) is 1. The topological polar surface area (TPSA) is 72.6 Å². The van der Waals surface area contributed by atoms with E-state index in [1.165, 1.54) is 7.11 Å². The maximum atomic E-state index is 11.6. The summed E-state index contributed by atoms with van der Waals surface area (Å²) in [6.07, 6.45) is 1.89. The van der Waals surface area contributed by atoms with Crippen LogP contribution in [-0.4, -0.2) is 37.0 Å². The fraction of sp³-hybridized carbons (Fsp3) is 0.467. The molecule has 0 unspecified atom stereocenters. The van der Waals surface area contributed by atoms with Gasteiger partial charge >= 0.3 is 5.97 Å². The van der Waals surface area contributed by atoms with Crippen molar-refractivity contribution >= 4 is 11.9 Å². The molecule has 0 aromatic heterocycles. The number of methoxy groups -OCH3 is 1. The maximum absolute atomic E-state index is 11.6. The molecule has 2 N–H and O–H groups in total. The lowest BCUT2D eigenvalue weighted by atomic mass is 9.97.